The summed E-state index contributed by atoms with van der Waals surface area (Å²) in [6.07, 6.45) is 4.36. The lowest BCUT2D eigenvalue weighted by molar-refractivity contribution is -0.133. The van der Waals surface area contributed by atoms with Crippen LogP contribution < -0.4 is 5.32 Å². The number of nitrogens with one attached hydrogen (secondary N) is 1. The minimum Gasteiger partial charge on any atom is -0.419 e. The minimum absolute atomic E-state index is 0.0208. The Morgan fingerprint density at radius 2 is 1.84 bits per heavy atom. The van der Waals surface area contributed by atoms with Crippen molar-refractivity contribution in [2.75, 3.05) is 0 Å². The van der Waals surface area contributed by atoms with Crippen molar-refractivity contribution in [2.45, 2.75) is 44.2 Å². The molecule has 1 aliphatic carbocycles. The molecule has 0 atom stereocenters. The van der Waals surface area contributed by atoms with Gasteiger partial charge in [-0.25, -0.2) is 4.79 Å². The average molecular weight is 361 g/mol. The number of hydrogen-bond acceptors (Lipinski definition) is 5. The highest BCUT2D eigenvalue weighted by molar-refractivity contribution is 6.30. The normalized spacial score (nSPS) is 19.5. The standard InChI is InChI=1S/C17H17ClN4O3/c18-12-6-4-11(5-7-12)14-21-20-13(25-14)10-22-15(23)17(19-16(22)24)8-2-1-3-9-17/h4-7H,1-3,8-10H2,(H,19,24). The van der Waals surface area contributed by atoms with Crippen LogP contribution >= 0.6 is 11.6 Å². The Morgan fingerprint density at radius 1 is 1.12 bits per heavy atom. The number of imide groups is 1. The van der Waals surface area contributed by atoms with E-state index in [1.807, 2.05) is 0 Å². The predicted molar refractivity (Wildman–Crippen MR) is 89.6 cm³/mol. The van der Waals surface area contributed by atoms with Crippen molar-refractivity contribution < 1.29 is 14.0 Å². The van der Waals surface area contributed by atoms with Crippen LogP contribution in [0.5, 0.6) is 0 Å². The summed E-state index contributed by atoms with van der Waals surface area (Å²) in [7, 11) is 0. The molecule has 2 fully saturated rings. The van der Waals surface area contributed by atoms with E-state index in [2.05, 4.69) is 15.5 Å². The molecule has 7 nitrogen and oxygen atoms in total. The SMILES string of the molecule is O=C1NC2(CCCCC2)C(=O)N1Cc1nnc(-c2ccc(Cl)cc2)o1. The highest BCUT2D eigenvalue weighted by atomic mass is 35.5. The van der Waals surface area contributed by atoms with Crippen LogP contribution in [0.1, 0.15) is 38.0 Å². The van der Waals surface area contributed by atoms with E-state index in [0.29, 0.717) is 23.8 Å². The Bertz CT molecular complexity index is 812. The zero-order valence-corrected chi connectivity index (χ0v) is 14.3. The minimum atomic E-state index is -0.742. The maximum absolute atomic E-state index is 12.7. The average Bonchev–Trinajstić information content (AvgIpc) is 3.16. The summed E-state index contributed by atoms with van der Waals surface area (Å²) < 4.78 is 5.60. The number of urea groups is 1. The molecule has 1 aromatic carbocycles. The Kier molecular flexibility index (Phi) is 3.95. The predicted octanol–water partition coefficient (Wildman–Crippen LogP) is 3.14. The van der Waals surface area contributed by atoms with Gasteiger partial charge in [-0.2, -0.15) is 0 Å². The molecule has 3 amide bonds. The van der Waals surface area contributed by atoms with E-state index in [1.54, 1.807) is 24.3 Å². The number of benzene rings is 1. The van der Waals surface area contributed by atoms with E-state index in [-0.39, 0.29) is 18.3 Å². The van der Waals surface area contributed by atoms with Crippen LogP contribution in [0.2, 0.25) is 5.02 Å². The number of carbonyl (C=O) groups excluding carboxylic acids is 2. The number of aromatic nitrogens is 2. The van der Waals surface area contributed by atoms with E-state index < -0.39 is 11.6 Å². The molecular formula is C17H17ClN4O3. The smallest absolute Gasteiger partial charge is 0.325 e. The van der Waals surface area contributed by atoms with Gasteiger partial charge in [0.1, 0.15) is 12.1 Å². The fraction of sp³-hybridized carbons (Fsp3) is 0.412. The van der Waals surface area contributed by atoms with Gasteiger partial charge >= 0.3 is 6.03 Å². The number of carbonyl (C=O) groups is 2. The van der Waals surface area contributed by atoms with Gasteiger partial charge in [0.15, 0.2) is 0 Å². The van der Waals surface area contributed by atoms with Gasteiger partial charge in [-0.15, -0.1) is 10.2 Å². The van der Waals surface area contributed by atoms with Crippen LogP contribution in [0.25, 0.3) is 11.5 Å². The summed E-state index contributed by atoms with van der Waals surface area (Å²) in [5.41, 5.74) is -0.0157. The second-order valence-corrected chi connectivity index (χ2v) is 6.91. The molecule has 1 saturated heterocycles. The molecule has 2 aromatic rings. The Balaban J connectivity index is 1.51. The molecule has 0 unspecified atom stereocenters. The van der Waals surface area contributed by atoms with Crippen molar-refractivity contribution in [1.29, 1.82) is 0 Å². The summed E-state index contributed by atoms with van der Waals surface area (Å²) in [5.74, 6) is 0.357. The molecule has 8 heteroatoms. The highest BCUT2D eigenvalue weighted by Crippen LogP contribution is 2.34. The third kappa shape index (κ3) is 2.89. The molecular weight excluding hydrogens is 344 g/mol. The van der Waals surface area contributed by atoms with Gasteiger partial charge in [0.05, 0.1) is 0 Å². The van der Waals surface area contributed by atoms with E-state index in [1.165, 1.54) is 4.90 Å². The lowest BCUT2D eigenvalue weighted by Gasteiger charge is -2.30. The van der Waals surface area contributed by atoms with Gasteiger partial charge in [0.2, 0.25) is 11.8 Å². The first kappa shape index (κ1) is 16.1. The first-order valence-corrected chi connectivity index (χ1v) is 8.68. The topological polar surface area (TPSA) is 88.3 Å². The van der Waals surface area contributed by atoms with Gasteiger partial charge in [0.25, 0.3) is 5.91 Å². The first-order chi connectivity index (χ1) is 12.1. The molecule has 130 valence electrons. The summed E-state index contributed by atoms with van der Waals surface area (Å²) in [4.78, 5) is 26.2. The summed E-state index contributed by atoms with van der Waals surface area (Å²) in [6, 6.07) is 6.60. The van der Waals surface area contributed by atoms with Crippen LogP contribution in [0.4, 0.5) is 4.79 Å². The van der Waals surface area contributed by atoms with Crippen molar-refractivity contribution in [3.63, 3.8) is 0 Å². The summed E-state index contributed by atoms with van der Waals surface area (Å²) in [5, 5.41) is 11.4. The van der Waals surface area contributed by atoms with Crippen molar-refractivity contribution in [3.8, 4) is 11.5 Å². The first-order valence-electron chi connectivity index (χ1n) is 8.30. The van der Waals surface area contributed by atoms with Crippen LogP contribution in [-0.2, 0) is 11.3 Å². The van der Waals surface area contributed by atoms with Crippen LogP contribution in [-0.4, -0.2) is 32.6 Å². The number of nitrogens with zero attached hydrogens (tertiary/aromatic N) is 3. The zero-order valence-electron chi connectivity index (χ0n) is 13.5. The van der Waals surface area contributed by atoms with E-state index in [0.717, 1.165) is 24.8 Å². The zero-order chi connectivity index (χ0) is 17.4. The molecule has 1 spiro atoms. The van der Waals surface area contributed by atoms with Crippen molar-refractivity contribution >= 4 is 23.5 Å². The van der Waals surface area contributed by atoms with Crippen LogP contribution in [0.15, 0.2) is 28.7 Å². The lowest BCUT2D eigenvalue weighted by atomic mass is 9.82. The molecule has 4 rings (SSSR count). The van der Waals surface area contributed by atoms with Crippen LogP contribution in [0.3, 0.4) is 0 Å². The van der Waals surface area contributed by atoms with Gasteiger partial charge in [-0.3, -0.25) is 9.69 Å². The summed E-state index contributed by atoms with van der Waals surface area (Å²) >= 11 is 5.87. The van der Waals surface area contributed by atoms with E-state index in [9.17, 15) is 9.59 Å². The lowest BCUT2D eigenvalue weighted by Crippen LogP contribution is -2.48. The largest absolute Gasteiger partial charge is 0.419 e. The fourth-order valence-corrected chi connectivity index (χ4v) is 3.60. The maximum Gasteiger partial charge on any atom is 0.325 e. The van der Waals surface area contributed by atoms with Gasteiger partial charge in [-0.05, 0) is 37.1 Å². The van der Waals surface area contributed by atoms with Crippen molar-refractivity contribution in [2.24, 2.45) is 0 Å². The van der Waals surface area contributed by atoms with Gasteiger partial charge in [0, 0.05) is 10.6 Å². The van der Waals surface area contributed by atoms with E-state index in [4.69, 9.17) is 16.0 Å². The molecule has 25 heavy (non-hydrogen) atoms. The molecule has 1 saturated carbocycles. The quantitative estimate of drug-likeness (QED) is 0.849. The number of rotatable bonds is 3. The second-order valence-electron chi connectivity index (χ2n) is 6.47. The molecule has 1 N–H and O–H groups in total. The maximum atomic E-state index is 12.7. The monoisotopic (exact) mass is 360 g/mol. The van der Waals surface area contributed by atoms with Crippen molar-refractivity contribution in [3.05, 3.63) is 35.2 Å². The Morgan fingerprint density at radius 3 is 2.56 bits per heavy atom. The molecule has 1 aromatic heterocycles. The third-order valence-corrected chi connectivity index (χ3v) is 5.06. The molecule has 2 heterocycles. The third-order valence-electron chi connectivity index (χ3n) is 4.80. The number of hydrogen-bond donors (Lipinski definition) is 1. The molecule has 0 bridgehead atoms. The molecule has 1 aliphatic heterocycles. The van der Waals surface area contributed by atoms with Crippen molar-refractivity contribution in [1.82, 2.24) is 20.4 Å². The number of amides is 3. The molecule has 2 aliphatic rings. The Labute approximate surface area is 149 Å². The Hall–Kier alpha value is -2.41. The number of halogens is 1. The van der Waals surface area contributed by atoms with E-state index >= 15 is 0 Å². The second kappa shape index (κ2) is 6.15. The molecule has 0 radical (unpaired) electrons. The van der Waals surface area contributed by atoms with Gasteiger partial charge in [-0.1, -0.05) is 30.9 Å². The fourth-order valence-electron chi connectivity index (χ4n) is 3.48. The summed E-state index contributed by atoms with van der Waals surface area (Å²) in [6.45, 7) is -0.0208. The van der Waals surface area contributed by atoms with Crippen LogP contribution in [0, 0.1) is 0 Å². The highest BCUT2D eigenvalue weighted by Gasteiger charge is 2.51. The van der Waals surface area contributed by atoms with Gasteiger partial charge < -0.3 is 9.73 Å².